The number of amides is 1. The first-order chi connectivity index (χ1) is 13.7. The lowest BCUT2D eigenvalue weighted by molar-refractivity contribution is 0.0674. The zero-order valence-corrected chi connectivity index (χ0v) is 16.1. The summed E-state index contributed by atoms with van der Waals surface area (Å²) in [4.78, 5) is 17.1. The number of benzene rings is 2. The van der Waals surface area contributed by atoms with Crippen LogP contribution in [0.15, 0.2) is 54.6 Å². The Bertz CT molecular complexity index is 1020. The number of rotatable bonds is 3. The van der Waals surface area contributed by atoms with Crippen LogP contribution in [0, 0.1) is 0 Å². The molecule has 28 heavy (non-hydrogen) atoms. The summed E-state index contributed by atoms with van der Waals surface area (Å²) in [5, 5.41) is 11.6. The molecule has 2 fully saturated rings. The quantitative estimate of drug-likeness (QED) is 0.701. The molecule has 3 aromatic rings. The molecule has 1 aromatic heterocycles. The van der Waals surface area contributed by atoms with Gasteiger partial charge in [-0.2, -0.15) is 5.10 Å². The summed E-state index contributed by atoms with van der Waals surface area (Å²) in [6.07, 6.45) is 2.44. The Morgan fingerprint density at radius 3 is 2.36 bits per heavy atom. The van der Waals surface area contributed by atoms with Crippen molar-refractivity contribution in [3.63, 3.8) is 0 Å². The van der Waals surface area contributed by atoms with E-state index < -0.39 is 0 Å². The maximum atomic E-state index is 12.9. The van der Waals surface area contributed by atoms with Crippen LogP contribution in [-0.4, -0.2) is 46.7 Å². The van der Waals surface area contributed by atoms with Crippen molar-refractivity contribution in [2.45, 2.75) is 31.7 Å². The summed E-state index contributed by atoms with van der Waals surface area (Å²) in [7, 11) is 0. The molecule has 1 saturated carbocycles. The molecule has 5 heteroatoms. The van der Waals surface area contributed by atoms with E-state index in [1.165, 1.54) is 23.6 Å². The van der Waals surface area contributed by atoms with Crippen LogP contribution < -0.4 is 4.90 Å². The molecule has 0 N–H and O–H groups in total. The number of anilines is 1. The van der Waals surface area contributed by atoms with E-state index >= 15 is 0 Å². The zero-order valence-electron chi connectivity index (χ0n) is 16.1. The van der Waals surface area contributed by atoms with Gasteiger partial charge >= 0.3 is 0 Å². The Labute approximate surface area is 165 Å². The summed E-state index contributed by atoms with van der Waals surface area (Å²) in [5.74, 6) is 1.62. The highest BCUT2D eigenvalue weighted by molar-refractivity contribution is 5.95. The van der Waals surface area contributed by atoms with Crippen molar-refractivity contribution in [3.8, 4) is 0 Å². The predicted molar refractivity (Wildman–Crippen MR) is 111 cm³/mol. The predicted octanol–water partition coefficient (Wildman–Crippen LogP) is 3.86. The summed E-state index contributed by atoms with van der Waals surface area (Å²) in [6, 6.07) is 18.1. The SMILES string of the molecule is CC1CN(c2nnc(C3CC3)c3ccccc23)CCN1C(=O)c1ccccc1. The first-order valence-electron chi connectivity index (χ1n) is 10.1. The van der Waals surface area contributed by atoms with E-state index in [4.69, 9.17) is 0 Å². The minimum Gasteiger partial charge on any atom is -0.351 e. The Morgan fingerprint density at radius 1 is 0.929 bits per heavy atom. The van der Waals surface area contributed by atoms with Crippen molar-refractivity contribution in [2.75, 3.05) is 24.5 Å². The number of nitrogens with zero attached hydrogens (tertiary/aromatic N) is 4. The number of piperazine rings is 1. The van der Waals surface area contributed by atoms with E-state index in [2.05, 4.69) is 46.3 Å². The van der Waals surface area contributed by atoms with Crippen LogP contribution in [0.2, 0.25) is 0 Å². The molecule has 142 valence electrons. The molecule has 1 unspecified atom stereocenters. The van der Waals surface area contributed by atoms with Gasteiger partial charge in [0.1, 0.15) is 0 Å². The fourth-order valence-electron chi connectivity index (χ4n) is 4.20. The maximum absolute atomic E-state index is 12.9. The van der Waals surface area contributed by atoms with Crippen LogP contribution in [-0.2, 0) is 0 Å². The van der Waals surface area contributed by atoms with Crippen molar-refractivity contribution in [3.05, 3.63) is 65.9 Å². The molecule has 0 spiro atoms. The van der Waals surface area contributed by atoms with Gasteiger partial charge in [0, 0.05) is 47.9 Å². The third-order valence-electron chi connectivity index (χ3n) is 5.87. The van der Waals surface area contributed by atoms with E-state index in [1.54, 1.807) is 0 Å². The number of carbonyl (C=O) groups excluding carboxylic acids is 1. The van der Waals surface area contributed by atoms with Gasteiger partial charge in [-0.1, -0.05) is 42.5 Å². The second-order valence-corrected chi connectivity index (χ2v) is 7.89. The van der Waals surface area contributed by atoms with Crippen LogP contribution in [0.4, 0.5) is 5.82 Å². The van der Waals surface area contributed by atoms with Crippen molar-refractivity contribution in [2.24, 2.45) is 0 Å². The van der Waals surface area contributed by atoms with Gasteiger partial charge in [-0.15, -0.1) is 5.10 Å². The molecule has 2 aliphatic rings. The first kappa shape index (κ1) is 17.2. The van der Waals surface area contributed by atoms with Crippen molar-refractivity contribution in [1.29, 1.82) is 0 Å². The third-order valence-corrected chi connectivity index (χ3v) is 5.87. The summed E-state index contributed by atoms with van der Waals surface area (Å²) in [5.41, 5.74) is 1.90. The molecule has 1 amide bonds. The second-order valence-electron chi connectivity index (χ2n) is 7.89. The van der Waals surface area contributed by atoms with E-state index in [0.717, 1.165) is 30.2 Å². The van der Waals surface area contributed by atoms with Gasteiger partial charge in [0.05, 0.1) is 5.69 Å². The highest BCUT2D eigenvalue weighted by Crippen LogP contribution is 2.42. The normalized spacial score (nSPS) is 19.8. The van der Waals surface area contributed by atoms with Crippen LogP contribution >= 0.6 is 0 Å². The van der Waals surface area contributed by atoms with Gasteiger partial charge in [-0.05, 0) is 31.9 Å². The molecule has 5 nitrogen and oxygen atoms in total. The zero-order chi connectivity index (χ0) is 19.1. The first-order valence-corrected chi connectivity index (χ1v) is 10.1. The van der Waals surface area contributed by atoms with E-state index in [1.807, 2.05) is 35.2 Å². The van der Waals surface area contributed by atoms with Crippen LogP contribution in [0.1, 0.15) is 41.7 Å². The molecular formula is C23H24N4O. The number of hydrogen-bond acceptors (Lipinski definition) is 4. The van der Waals surface area contributed by atoms with E-state index in [9.17, 15) is 4.79 Å². The van der Waals surface area contributed by atoms with Gasteiger partial charge in [0.15, 0.2) is 5.82 Å². The van der Waals surface area contributed by atoms with Crippen LogP contribution in [0.3, 0.4) is 0 Å². The maximum Gasteiger partial charge on any atom is 0.254 e. The number of fused-ring (bicyclic) bond motifs is 1. The Morgan fingerprint density at radius 2 is 1.64 bits per heavy atom. The summed E-state index contributed by atoms with van der Waals surface area (Å²) >= 11 is 0. The molecule has 1 atom stereocenters. The minimum absolute atomic E-state index is 0.104. The Balaban J connectivity index is 1.41. The average Bonchev–Trinajstić information content (AvgIpc) is 3.58. The average molecular weight is 372 g/mol. The van der Waals surface area contributed by atoms with Crippen LogP contribution in [0.5, 0.6) is 0 Å². The lowest BCUT2D eigenvalue weighted by atomic mass is 10.1. The van der Waals surface area contributed by atoms with Gasteiger partial charge in [0.25, 0.3) is 5.91 Å². The van der Waals surface area contributed by atoms with E-state index in [-0.39, 0.29) is 11.9 Å². The minimum atomic E-state index is 0.104. The molecule has 2 heterocycles. The lowest BCUT2D eigenvalue weighted by Gasteiger charge is -2.40. The lowest BCUT2D eigenvalue weighted by Crippen LogP contribution is -2.54. The molecule has 1 saturated heterocycles. The summed E-state index contributed by atoms with van der Waals surface area (Å²) in [6.45, 7) is 4.33. The van der Waals surface area contributed by atoms with Gasteiger partial charge in [-0.3, -0.25) is 4.79 Å². The Kier molecular flexibility index (Phi) is 4.23. The van der Waals surface area contributed by atoms with Gasteiger partial charge in [0.2, 0.25) is 0 Å². The highest BCUT2D eigenvalue weighted by atomic mass is 16.2. The van der Waals surface area contributed by atoms with Crippen molar-refractivity contribution in [1.82, 2.24) is 15.1 Å². The molecule has 5 rings (SSSR count). The molecular weight excluding hydrogens is 348 g/mol. The van der Waals surface area contributed by atoms with Crippen molar-refractivity contribution < 1.29 is 4.79 Å². The fraction of sp³-hybridized carbons (Fsp3) is 0.348. The smallest absolute Gasteiger partial charge is 0.254 e. The molecule has 0 radical (unpaired) electrons. The third kappa shape index (κ3) is 3.01. The van der Waals surface area contributed by atoms with E-state index in [0.29, 0.717) is 12.5 Å². The molecule has 1 aliphatic heterocycles. The summed E-state index contributed by atoms with van der Waals surface area (Å²) < 4.78 is 0. The topological polar surface area (TPSA) is 49.3 Å². The standard InChI is InChI=1S/C23H24N4O/c1-16-15-26(13-14-27(16)23(28)18-7-3-2-4-8-18)22-20-10-6-5-9-19(20)21(24-25-22)17-11-12-17/h2-10,16-17H,11-15H2,1H3. The van der Waals surface area contributed by atoms with Gasteiger partial charge in [-0.25, -0.2) is 0 Å². The number of hydrogen-bond donors (Lipinski definition) is 0. The monoisotopic (exact) mass is 372 g/mol. The largest absolute Gasteiger partial charge is 0.351 e. The number of carbonyl (C=O) groups is 1. The molecule has 2 aromatic carbocycles. The molecule has 1 aliphatic carbocycles. The van der Waals surface area contributed by atoms with Crippen LogP contribution in [0.25, 0.3) is 10.8 Å². The van der Waals surface area contributed by atoms with Gasteiger partial charge < -0.3 is 9.80 Å². The highest BCUT2D eigenvalue weighted by Gasteiger charge is 2.31. The number of aromatic nitrogens is 2. The Hall–Kier alpha value is -2.95. The second kappa shape index (κ2) is 6.89. The van der Waals surface area contributed by atoms with Crippen molar-refractivity contribution >= 4 is 22.5 Å². The fourth-order valence-corrected chi connectivity index (χ4v) is 4.20. The molecule has 0 bridgehead atoms.